The van der Waals surface area contributed by atoms with E-state index in [2.05, 4.69) is 36.6 Å². The van der Waals surface area contributed by atoms with Crippen LogP contribution in [-0.4, -0.2) is 23.3 Å². The van der Waals surface area contributed by atoms with E-state index in [1.165, 1.54) is 0 Å². The molecule has 0 aromatic heterocycles. The van der Waals surface area contributed by atoms with Crippen molar-refractivity contribution in [1.82, 2.24) is 4.90 Å². The van der Waals surface area contributed by atoms with Crippen LogP contribution in [0.2, 0.25) is 0 Å². The van der Waals surface area contributed by atoms with Crippen LogP contribution in [0.1, 0.15) is 20.8 Å². The summed E-state index contributed by atoms with van der Waals surface area (Å²) in [7, 11) is 0. The third-order valence-electron chi connectivity index (χ3n) is 3.85. The molecule has 0 N–H and O–H groups in total. The largest absolute Gasteiger partial charge is 0.361 e. The number of nitrogens with zero attached hydrogens (tertiary/aromatic N) is 1. The fraction of sp³-hybridized carbons (Fsp3) is 0.400. The topological polar surface area (TPSA) is 20.3 Å². The molecule has 2 aliphatic rings. The van der Waals surface area contributed by atoms with Crippen molar-refractivity contribution < 1.29 is 4.79 Å². The Morgan fingerprint density at radius 2 is 2.12 bits per heavy atom. The van der Waals surface area contributed by atoms with E-state index in [0.717, 1.165) is 23.1 Å². The summed E-state index contributed by atoms with van der Waals surface area (Å²) in [5, 5.41) is 0. The Morgan fingerprint density at radius 1 is 1.47 bits per heavy atom. The van der Waals surface area contributed by atoms with E-state index in [1.54, 1.807) is 0 Å². The molecule has 0 bridgehead atoms. The fourth-order valence-corrected chi connectivity index (χ4v) is 2.71. The maximum Gasteiger partial charge on any atom is 0.148 e. The molecule has 1 heterocycles. The second-order valence-electron chi connectivity index (χ2n) is 4.87. The maximum absolute atomic E-state index is 11.2. The zero-order valence-electron chi connectivity index (χ0n) is 10.7. The molecule has 17 heavy (non-hydrogen) atoms. The summed E-state index contributed by atoms with van der Waals surface area (Å²) < 4.78 is 0. The quantitative estimate of drug-likeness (QED) is 0.548. The Kier molecular flexibility index (Phi) is 3.05. The van der Waals surface area contributed by atoms with Crippen LogP contribution in [0.5, 0.6) is 0 Å². The lowest BCUT2D eigenvalue weighted by atomic mass is 9.91. The zero-order chi connectivity index (χ0) is 12.6. The van der Waals surface area contributed by atoms with Crippen molar-refractivity contribution in [3.63, 3.8) is 0 Å². The Morgan fingerprint density at radius 3 is 2.71 bits per heavy atom. The van der Waals surface area contributed by atoms with Gasteiger partial charge in [0.05, 0.1) is 6.04 Å². The van der Waals surface area contributed by atoms with E-state index in [1.807, 2.05) is 19.9 Å². The van der Waals surface area contributed by atoms with Gasteiger partial charge >= 0.3 is 0 Å². The average Bonchev–Trinajstić information content (AvgIpc) is 2.59. The van der Waals surface area contributed by atoms with E-state index in [0.29, 0.717) is 0 Å². The molecule has 3 atom stereocenters. The van der Waals surface area contributed by atoms with Crippen molar-refractivity contribution in [2.24, 2.45) is 5.92 Å². The fourth-order valence-electron chi connectivity index (χ4n) is 2.71. The molecular formula is C15H19NO. The molecule has 1 aliphatic heterocycles. The first-order valence-corrected chi connectivity index (χ1v) is 6.02. The molecule has 2 rings (SSSR count). The SMILES string of the molecule is C=C(C)C(C)N1C(C)=C(C=O)C2C=CC=CC21. The van der Waals surface area contributed by atoms with Crippen LogP contribution in [0.15, 0.2) is 47.7 Å². The molecule has 0 amide bonds. The summed E-state index contributed by atoms with van der Waals surface area (Å²) in [6, 6.07) is 0.531. The Hall–Kier alpha value is -1.57. The molecule has 0 radical (unpaired) electrons. The van der Waals surface area contributed by atoms with Crippen LogP contribution in [0.3, 0.4) is 0 Å². The molecule has 90 valence electrons. The number of fused-ring (bicyclic) bond motifs is 1. The number of rotatable bonds is 3. The van der Waals surface area contributed by atoms with E-state index in [9.17, 15) is 4.79 Å². The van der Waals surface area contributed by atoms with Gasteiger partial charge < -0.3 is 4.90 Å². The highest BCUT2D eigenvalue weighted by molar-refractivity contribution is 5.78. The van der Waals surface area contributed by atoms with Gasteiger partial charge in [-0.2, -0.15) is 0 Å². The number of hydrogen-bond acceptors (Lipinski definition) is 2. The van der Waals surface area contributed by atoms with Crippen molar-refractivity contribution in [3.05, 3.63) is 47.7 Å². The average molecular weight is 229 g/mol. The first-order chi connectivity index (χ1) is 8.07. The highest BCUT2D eigenvalue weighted by Crippen LogP contribution is 2.38. The lowest BCUT2D eigenvalue weighted by Gasteiger charge is -2.35. The van der Waals surface area contributed by atoms with Crippen molar-refractivity contribution >= 4 is 6.29 Å². The minimum absolute atomic E-state index is 0.208. The van der Waals surface area contributed by atoms with Crippen LogP contribution in [0.4, 0.5) is 0 Å². The summed E-state index contributed by atoms with van der Waals surface area (Å²) >= 11 is 0. The van der Waals surface area contributed by atoms with Crippen LogP contribution >= 0.6 is 0 Å². The number of allylic oxidation sites excluding steroid dienone is 3. The van der Waals surface area contributed by atoms with E-state index >= 15 is 0 Å². The Balaban J connectivity index is 2.42. The van der Waals surface area contributed by atoms with E-state index < -0.39 is 0 Å². The minimum Gasteiger partial charge on any atom is -0.361 e. The van der Waals surface area contributed by atoms with Gasteiger partial charge in [0.15, 0.2) is 0 Å². The maximum atomic E-state index is 11.2. The molecule has 2 heteroatoms. The predicted molar refractivity (Wildman–Crippen MR) is 70.4 cm³/mol. The second kappa shape index (κ2) is 4.36. The van der Waals surface area contributed by atoms with Crippen molar-refractivity contribution in [1.29, 1.82) is 0 Å². The van der Waals surface area contributed by atoms with Crippen molar-refractivity contribution in [2.75, 3.05) is 0 Å². The Labute approximate surface area is 103 Å². The van der Waals surface area contributed by atoms with Gasteiger partial charge in [0.2, 0.25) is 0 Å². The van der Waals surface area contributed by atoms with Gasteiger partial charge in [0, 0.05) is 23.2 Å². The number of carbonyl (C=O) groups excluding carboxylic acids is 1. The van der Waals surface area contributed by atoms with Crippen LogP contribution in [0, 0.1) is 5.92 Å². The monoisotopic (exact) mass is 229 g/mol. The summed E-state index contributed by atoms with van der Waals surface area (Å²) in [4.78, 5) is 13.5. The molecule has 1 aliphatic carbocycles. The first-order valence-electron chi connectivity index (χ1n) is 6.02. The smallest absolute Gasteiger partial charge is 0.148 e. The summed E-state index contributed by atoms with van der Waals surface area (Å²) in [5.74, 6) is 0.208. The van der Waals surface area contributed by atoms with Gasteiger partial charge in [0.1, 0.15) is 6.29 Å². The van der Waals surface area contributed by atoms with Gasteiger partial charge in [0.25, 0.3) is 0 Å². The molecule has 0 fully saturated rings. The molecule has 0 aromatic carbocycles. The molecule has 0 saturated heterocycles. The standard InChI is InChI=1S/C15H19NO/c1-10(2)11(3)16-12(4)14(9-17)13-7-5-6-8-15(13)16/h5-9,11,13,15H,1H2,2-4H3. The van der Waals surface area contributed by atoms with Gasteiger partial charge in [-0.15, -0.1) is 0 Å². The van der Waals surface area contributed by atoms with Crippen LogP contribution in [0.25, 0.3) is 0 Å². The molecule has 0 saturated carbocycles. The van der Waals surface area contributed by atoms with Gasteiger partial charge in [-0.25, -0.2) is 0 Å². The van der Waals surface area contributed by atoms with Gasteiger partial charge in [-0.3, -0.25) is 4.79 Å². The van der Waals surface area contributed by atoms with E-state index in [4.69, 9.17) is 0 Å². The van der Waals surface area contributed by atoms with Crippen LogP contribution < -0.4 is 0 Å². The molecule has 0 spiro atoms. The third kappa shape index (κ3) is 1.78. The molecule has 3 unspecified atom stereocenters. The van der Waals surface area contributed by atoms with Crippen LogP contribution in [-0.2, 0) is 4.79 Å². The molecule has 2 nitrogen and oxygen atoms in total. The lowest BCUT2D eigenvalue weighted by Crippen LogP contribution is -2.39. The van der Waals surface area contributed by atoms with Gasteiger partial charge in [-0.05, 0) is 20.8 Å². The normalized spacial score (nSPS) is 28.3. The highest BCUT2D eigenvalue weighted by atomic mass is 16.1. The van der Waals surface area contributed by atoms with Crippen molar-refractivity contribution in [3.8, 4) is 0 Å². The van der Waals surface area contributed by atoms with Crippen molar-refractivity contribution in [2.45, 2.75) is 32.9 Å². The summed E-state index contributed by atoms with van der Waals surface area (Å²) in [6.07, 6.45) is 9.36. The highest BCUT2D eigenvalue weighted by Gasteiger charge is 2.38. The predicted octanol–water partition coefficient (Wildman–Crippen LogP) is 2.85. The zero-order valence-corrected chi connectivity index (χ0v) is 10.7. The molecular weight excluding hydrogens is 210 g/mol. The first kappa shape index (κ1) is 11.9. The number of aldehydes is 1. The number of carbonyl (C=O) groups is 1. The lowest BCUT2D eigenvalue weighted by molar-refractivity contribution is -0.105. The second-order valence-corrected chi connectivity index (χ2v) is 4.87. The van der Waals surface area contributed by atoms with Gasteiger partial charge in [-0.1, -0.05) is 36.5 Å². The molecule has 0 aromatic rings. The summed E-state index contributed by atoms with van der Waals surface area (Å²) in [6.45, 7) is 10.2. The van der Waals surface area contributed by atoms with E-state index in [-0.39, 0.29) is 18.0 Å². The Bertz CT molecular complexity index is 442. The minimum atomic E-state index is 0.208. The summed E-state index contributed by atoms with van der Waals surface area (Å²) in [5.41, 5.74) is 3.11. The number of hydrogen-bond donors (Lipinski definition) is 0. The third-order valence-corrected chi connectivity index (χ3v) is 3.85.